The number of hydrogen-bond acceptors (Lipinski definition) is 0. The first kappa shape index (κ1) is 15.5. The molecular formula is C21H14F3N. The van der Waals surface area contributed by atoms with E-state index >= 15 is 0 Å². The minimum absolute atomic E-state index is 0.0834. The van der Waals surface area contributed by atoms with Gasteiger partial charge in [0.1, 0.15) is 0 Å². The molecule has 0 aliphatic heterocycles. The molecule has 1 N–H and O–H groups in total. The van der Waals surface area contributed by atoms with E-state index in [4.69, 9.17) is 0 Å². The van der Waals surface area contributed by atoms with Crippen molar-refractivity contribution in [2.75, 3.05) is 0 Å². The number of rotatable bonds is 2. The molecule has 0 saturated heterocycles. The third-order valence-electron chi connectivity index (χ3n) is 4.43. The summed E-state index contributed by atoms with van der Waals surface area (Å²) in [6, 6.07) is 20.3. The Balaban J connectivity index is 1.84. The molecule has 0 atom stereocenters. The number of benzene rings is 3. The lowest BCUT2D eigenvalue weighted by atomic mass is 9.99. The van der Waals surface area contributed by atoms with E-state index in [1.807, 2.05) is 42.5 Å². The van der Waals surface area contributed by atoms with Crippen molar-refractivity contribution in [1.82, 2.24) is 4.98 Å². The number of fused-ring (bicyclic) bond motifs is 3. The third-order valence-corrected chi connectivity index (χ3v) is 4.43. The standard InChI is InChI=1S/C21H14F3N/c1-13(21(22,23)24)14-9-11-15(12-10-14)16-6-4-7-18-17-5-2-3-8-19(17)25-20(16)18/h2-12,25H,1H2. The largest absolute Gasteiger partial charge is 0.416 e. The van der Waals surface area contributed by atoms with Gasteiger partial charge in [-0.2, -0.15) is 13.2 Å². The molecule has 0 aliphatic rings. The molecule has 0 bridgehead atoms. The van der Waals surface area contributed by atoms with E-state index in [-0.39, 0.29) is 5.56 Å². The summed E-state index contributed by atoms with van der Waals surface area (Å²) in [7, 11) is 0. The number of allylic oxidation sites excluding steroid dienone is 1. The van der Waals surface area contributed by atoms with Crippen LogP contribution in [0.1, 0.15) is 5.56 Å². The second kappa shape index (κ2) is 5.52. The van der Waals surface area contributed by atoms with E-state index in [9.17, 15) is 13.2 Å². The van der Waals surface area contributed by atoms with Gasteiger partial charge in [-0.25, -0.2) is 0 Å². The monoisotopic (exact) mass is 337 g/mol. The normalized spacial score (nSPS) is 12.0. The van der Waals surface area contributed by atoms with Gasteiger partial charge in [0, 0.05) is 21.9 Å². The van der Waals surface area contributed by atoms with Crippen LogP contribution >= 0.6 is 0 Å². The molecule has 0 unspecified atom stereocenters. The molecular weight excluding hydrogens is 323 g/mol. The van der Waals surface area contributed by atoms with E-state index in [1.165, 1.54) is 12.1 Å². The van der Waals surface area contributed by atoms with Gasteiger partial charge in [-0.15, -0.1) is 0 Å². The molecule has 0 saturated carbocycles. The smallest absolute Gasteiger partial charge is 0.354 e. The average molecular weight is 337 g/mol. The molecule has 25 heavy (non-hydrogen) atoms. The summed E-state index contributed by atoms with van der Waals surface area (Å²) < 4.78 is 38.3. The number of nitrogens with one attached hydrogen (secondary N) is 1. The van der Waals surface area contributed by atoms with Crippen LogP contribution in [0.15, 0.2) is 73.3 Å². The number of aromatic nitrogens is 1. The van der Waals surface area contributed by atoms with E-state index in [1.54, 1.807) is 12.1 Å². The molecule has 0 amide bonds. The lowest BCUT2D eigenvalue weighted by Crippen LogP contribution is -2.09. The highest BCUT2D eigenvalue weighted by molar-refractivity contribution is 6.11. The van der Waals surface area contributed by atoms with Crippen molar-refractivity contribution < 1.29 is 13.2 Å². The summed E-state index contributed by atoms with van der Waals surface area (Å²) in [5.41, 5.74) is 3.08. The van der Waals surface area contributed by atoms with Gasteiger partial charge in [-0.05, 0) is 17.2 Å². The quantitative estimate of drug-likeness (QED) is 0.426. The Hall–Kier alpha value is -3.01. The van der Waals surface area contributed by atoms with E-state index in [0.717, 1.165) is 32.9 Å². The fourth-order valence-corrected chi connectivity index (χ4v) is 3.13. The van der Waals surface area contributed by atoms with Crippen LogP contribution in [0.25, 0.3) is 38.5 Å². The summed E-state index contributed by atoms with van der Waals surface area (Å²) in [4.78, 5) is 3.41. The van der Waals surface area contributed by atoms with Gasteiger partial charge in [-0.3, -0.25) is 0 Å². The summed E-state index contributed by atoms with van der Waals surface area (Å²) in [6.45, 7) is 3.15. The van der Waals surface area contributed by atoms with Crippen LogP contribution in [0, 0.1) is 0 Å². The zero-order valence-corrected chi connectivity index (χ0v) is 13.2. The fraction of sp³-hybridized carbons (Fsp3) is 0.0476. The van der Waals surface area contributed by atoms with E-state index < -0.39 is 11.7 Å². The Morgan fingerprint density at radius 1 is 0.800 bits per heavy atom. The Morgan fingerprint density at radius 3 is 2.20 bits per heavy atom. The Bertz CT molecular complexity index is 1090. The molecule has 0 aliphatic carbocycles. The molecule has 3 aromatic carbocycles. The van der Waals surface area contributed by atoms with Crippen LogP contribution in [0.5, 0.6) is 0 Å². The van der Waals surface area contributed by atoms with Gasteiger partial charge in [0.25, 0.3) is 0 Å². The number of hydrogen-bond donors (Lipinski definition) is 1. The van der Waals surface area contributed by atoms with Gasteiger partial charge in [0.15, 0.2) is 0 Å². The summed E-state index contributed by atoms with van der Waals surface area (Å²) >= 11 is 0. The van der Waals surface area contributed by atoms with E-state index in [2.05, 4.69) is 11.6 Å². The maximum atomic E-state index is 12.8. The maximum Gasteiger partial charge on any atom is 0.416 e. The van der Waals surface area contributed by atoms with Crippen molar-refractivity contribution >= 4 is 27.4 Å². The first-order chi connectivity index (χ1) is 11.9. The second-order valence-corrected chi connectivity index (χ2v) is 5.95. The number of alkyl halides is 3. The highest BCUT2D eigenvalue weighted by atomic mass is 19.4. The highest BCUT2D eigenvalue weighted by Crippen LogP contribution is 2.35. The average Bonchev–Trinajstić information content (AvgIpc) is 2.99. The summed E-state index contributed by atoms with van der Waals surface area (Å²) in [6.07, 6.45) is -4.42. The van der Waals surface area contributed by atoms with Crippen molar-refractivity contribution in [3.8, 4) is 11.1 Å². The van der Waals surface area contributed by atoms with Crippen LogP contribution in [0.3, 0.4) is 0 Å². The van der Waals surface area contributed by atoms with Crippen molar-refractivity contribution in [1.29, 1.82) is 0 Å². The van der Waals surface area contributed by atoms with Crippen LogP contribution < -0.4 is 0 Å². The fourth-order valence-electron chi connectivity index (χ4n) is 3.13. The van der Waals surface area contributed by atoms with Gasteiger partial charge in [-0.1, -0.05) is 67.2 Å². The number of halogens is 3. The topological polar surface area (TPSA) is 15.8 Å². The third kappa shape index (κ3) is 2.60. The molecule has 1 nitrogen and oxygen atoms in total. The first-order valence-corrected chi connectivity index (χ1v) is 7.81. The molecule has 4 aromatic rings. The number of H-pyrrole nitrogens is 1. The lowest BCUT2D eigenvalue weighted by molar-refractivity contribution is -0.0686. The number of para-hydroxylation sites is 2. The summed E-state index contributed by atoms with van der Waals surface area (Å²) in [5, 5.41) is 2.22. The van der Waals surface area contributed by atoms with Gasteiger partial charge < -0.3 is 4.98 Å². The second-order valence-electron chi connectivity index (χ2n) is 5.95. The molecule has 0 radical (unpaired) electrons. The number of aromatic amines is 1. The zero-order valence-electron chi connectivity index (χ0n) is 13.2. The molecule has 1 heterocycles. The minimum atomic E-state index is -4.42. The lowest BCUT2D eigenvalue weighted by Gasteiger charge is -2.11. The van der Waals surface area contributed by atoms with Crippen LogP contribution in [-0.4, -0.2) is 11.2 Å². The van der Waals surface area contributed by atoms with Gasteiger partial charge >= 0.3 is 6.18 Å². The van der Waals surface area contributed by atoms with Crippen LogP contribution in [0.4, 0.5) is 13.2 Å². The van der Waals surface area contributed by atoms with Crippen LogP contribution in [-0.2, 0) is 0 Å². The molecule has 4 rings (SSSR count). The SMILES string of the molecule is C=C(c1ccc(-c2cccc3c2[nH]c2ccccc23)cc1)C(F)(F)F. The van der Waals surface area contributed by atoms with Gasteiger partial charge in [0.2, 0.25) is 0 Å². The molecule has 124 valence electrons. The first-order valence-electron chi connectivity index (χ1n) is 7.81. The van der Waals surface area contributed by atoms with Crippen LogP contribution in [0.2, 0.25) is 0 Å². The van der Waals surface area contributed by atoms with Crippen molar-refractivity contribution in [3.05, 3.63) is 78.9 Å². The van der Waals surface area contributed by atoms with Crippen molar-refractivity contribution in [3.63, 3.8) is 0 Å². The van der Waals surface area contributed by atoms with Crippen molar-refractivity contribution in [2.24, 2.45) is 0 Å². The highest BCUT2D eigenvalue weighted by Gasteiger charge is 2.32. The molecule has 0 fully saturated rings. The molecule has 1 aromatic heterocycles. The maximum absolute atomic E-state index is 12.8. The Labute approximate surface area is 142 Å². The predicted molar refractivity (Wildman–Crippen MR) is 96.3 cm³/mol. The summed E-state index contributed by atoms with van der Waals surface area (Å²) in [5.74, 6) is 0. The van der Waals surface area contributed by atoms with Gasteiger partial charge in [0.05, 0.1) is 11.1 Å². The zero-order chi connectivity index (χ0) is 17.6. The molecule has 4 heteroatoms. The predicted octanol–water partition coefficient (Wildman–Crippen LogP) is 6.56. The van der Waals surface area contributed by atoms with E-state index in [0.29, 0.717) is 0 Å². The molecule has 0 spiro atoms. The van der Waals surface area contributed by atoms with Crippen molar-refractivity contribution in [2.45, 2.75) is 6.18 Å². The Kier molecular flexibility index (Phi) is 3.42. The minimum Gasteiger partial charge on any atom is -0.354 e. The Morgan fingerprint density at radius 2 is 1.48 bits per heavy atom.